The number of likely N-dealkylation sites (N-methyl/N-ethyl adjacent to an activating group) is 1. The van der Waals surface area contributed by atoms with Crippen LogP contribution < -0.4 is 10.2 Å². The van der Waals surface area contributed by atoms with Gasteiger partial charge < -0.3 is 15.1 Å². The second-order valence-electron chi connectivity index (χ2n) is 5.23. The first-order valence-corrected chi connectivity index (χ1v) is 6.71. The standard InChI is InChI=1S/C13H19N5O3/c1-9-7-15-12(6-10(9)18(20)21)17-5-4-14-8-11(17)13(19)16(2)3/h6-7,11,14H,4-5,8H2,1-3H3. The number of aryl methyl sites for hydroxylation is 1. The van der Waals surface area contributed by atoms with Gasteiger partial charge in [0.25, 0.3) is 5.69 Å². The van der Waals surface area contributed by atoms with Crippen molar-refractivity contribution in [2.24, 2.45) is 0 Å². The Morgan fingerprint density at radius 2 is 2.29 bits per heavy atom. The van der Waals surface area contributed by atoms with Gasteiger partial charge in [0, 0.05) is 45.5 Å². The van der Waals surface area contributed by atoms with Gasteiger partial charge in [0.15, 0.2) is 0 Å². The Morgan fingerprint density at radius 3 is 2.90 bits per heavy atom. The number of hydrogen-bond donors (Lipinski definition) is 1. The molecular weight excluding hydrogens is 274 g/mol. The highest BCUT2D eigenvalue weighted by molar-refractivity contribution is 5.85. The lowest BCUT2D eigenvalue weighted by molar-refractivity contribution is -0.385. The maximum atomic E-state index is 12.2. The molecule has 2 heterocycles. The van der Waals surface area contributed by atoms with Gasteiger partial charge in [-0.05, 0) is 6.92 Å². The van der Waals surface area contributed by atoms with Gasteiger partial charge in [-0.1, -0.05) is 0 Å². The molecule has 1 aliphatic heterocycles. The van der Waals surface area contributed by atoms with Crippen molar-refractivity contribution in [2.75, 3.05) is 38.6 Å². The summed E-state index contributed by atoms with van der Waals surface area (Å²) in [5, 5.41) is 14.2. The summed E-state index contributed by atoms with van der Waals surface area (Å²) in [6, 6.07) is 1.04. The normalized spacial score (nSPS) is 18.4. The Kier molecular flexibility index (Phi) is 4.37. The van der Waals surface area contributed by atoms with E-state index in [1.54, 1.807) is 21.0 Å². The van der Waals surface area contributed by atoms with Crippen molar-refractivity contribution in [1.82, 2.24) is 15.2 Å². The van der Waals surface area contributed by atoms with Gasteiger partial charge in [0.1, 0.15) is 11.9 Å². The third kappa shape index (κ3) is 3.10. The molecule has 1 saturated heterocycles. The largest absolute Gasteiger partial charge is 0.347 e. The van der Waals surface area contributed by atoms with Gasteiger partial charge in [-0.15, -0.1) is 0 Å². The van der Waals surface area contributed by atoms with Crippen LogP contribution in [0.3, 0.4) is 0 Å². The zero-order chi connectivity index (χ0) is 15.6. The van der Waals surface area contributed by atoms with Gasteiger partial charge in [-0.2, -0.15) is 0 Å². The molecule has 1 amide bonds. The smallest absolute Gasteiger partial charge is 0.277 e. The number of amides is 1. The van der Waals surface area contributed by atoms with Crippen molar-refractivity contribution in [3.63, 3.8) is 0 Å². The van der Waals surface area contributed by atoms with Crippen LogP contribution in [0.4, 0.5) is 11.5 Å². The summed E-state index contributed by atoms with van der Waals surface area (Å²) in [6.45, 7) is 3.44. The third-order valence-corrected chi connectivity index (χ3v) is 3.52. The topological polar surface area (TPSA) is 91.6 Å². The lowest BCUT2D eigenvalue weighted by Gasteiger charge is -2.37. The number of nitrogens with zero attached hydrogens (tertiary/aromatic N) is 4. The Labute approximate surface area is 122 Å². The number of nitro groups is 1. The number of rotatable bonds is 3. The van der Waals surface area contributed by atoms with Gasteiger partial charge in [-0.3, -0.25) is 14.9 Å². The summed E-state index contributed by atoms with van der Waals surface area (Å²) in [5.41, 5.74) is 0.531. The van der Waals surface area contributed by atoms with Crippen LogP contribution >= 0.6 is 0 Å². The minimum atomic E-state index is -0.425. The monoisotopic (exact) mass is 293 g/mol. The quantitative estimate of drug-likeness (QED) is 0.631. The third-order valence-electron chi connectivity index (χ3n) is 3.52. The minimum Gasteiger partial charge on any atom is -0.347 e. The fraction of sp³-hybridized carbons (Fsp3) is 0.538. The second-order valence-corrected chi connectivity index (χ2v) is 5.23. The lowest BCUT2D eigenvalue weighted by atomic mass is 10.1. The first-order valence-electron chi connectivity index (χ1n) is 6.71. The molecule has 0 aromatic carbocycles. The highest BCUT2D eigenvalue weighted by Gasteiger charge is 2.31. The van der Waals surface area contributed by atoms with E-state index >= 15 is 0 Å². The van der Waals surface area contributed by atoms with E-state index in [0.29, 0.717) is 31.0 Å². The average molecular weight is 293 g/mol. The molecule has 0 aliphatic carbocycles. The van der Waals surface area contributed by atoms with Gasteiger partial charge in [-0.25, -0.2) is 4.98 Å². The molecule has 0 spiro atoms. The minimum absolute atomic E-state index is 0.0228. The fourth-order valence-corrected chi connectivity index (χ4v) is 2.35. The molecular formula is C13H19N5O3. The molecule has 1 aromatic heterocycles. The zero-order valence-electron chi connectivity index (χ0n) is 12.4. The van der Waals surface area contributed by atoms with Crippen molar-refractivity contribution in [2.45, 2.75) is 13.0 Å². The maximum Gasteiger partial charge on any atom is 0.277 e. The van der Waals surface area contributed by atoms with E-state index in [1.807, 2.05) is 4.90 Å². The molecule has 0 bridgehead atoms. The molecule has 2 rings (SSSR count). The number of hydrogen-bond acceptors (Lipinski definition) is 6. The van der Waals surface area contributed by atoms with E-state index in [2.05, 4.69) is 10.3 Å². The van der Waals surface area contributed by atoms with Crippen molar-refractivity contribution in [3.8, 4) is 0 Å². The van der Waals surface area contributed by atoms with E-state index < -0.39 is 11.0 Å². The molecule has 1 unspecified atom stereocenters. The lowest BCUT2D eigenvalue weighted by Crippen LogP contribution is -2.58. The van der Waals surface area contributed by atoms with Crippen molar-refractivity contribution in [1.29, 1.82) is 0 Å². The van der Waals surface area contributed by atoms with Crippen LogP contribution in [0.5, 0.6) is 0 Å². The molecule has 8 nitrogen and oxygen atoms in total. The first kappa shape index (κ1) is 15.2. The molecule has 1 N–H and O–H groups in total. The number of pyridine rings is 1. The fourth-order valence-electron chi connectivity index (χ4n) is 2.35. The average Bonchev–Trinajstić information content (AvgIpc) is 2.46. The number of carbonyl (C=O) groups is 1. The number of aromatic nitrogens is 1. The van der Waals surface area contributed by atoms with Crippen molar-refractivity contribution < 1.29 is 9.72 Å². The summed E-state index contributed by atoms with van der Waals surface area (Å²) in [4.78, 5) is 30.5. The molecule has 21 heavy (non-hydrogen) atoms. The molecule has 114 valence electrons. The highest BCUT2D eigenvalue weighted by Crippen LogP contribution is 2.24. The van der Waals surface area contributed by atoms with Crippen LogP contribution in [0.25, 0.3) is 0 Å². The van der Waals surface area contributed by atoms with E-state index in [4.69, 9.17) is 0 Å². The molecule has 1 atom stereocenters. The van der Waals surface area contributed by atoms with Gasteiger partial charge in [0.2, 0.25) is 5.91 Å². The zero-order valence-corrected chi connectivity index (χ0v) is 12.4. The second kappa shape index (κ2) is 6.04. The van der Waals surface area contributed by atoms with Crippen LogP contribution in [0.1, 0.15) is 5.56 Å². The predicted octanol–water partition coefficient (Wildman–Crippen LogP) is 0.165. The Morgan fingerprint density at radius 1 is 1.57 bits per heavy atom. The molecule has 1 fully saturated rings. The van der Waals surface area contributed by atoms with Crippen LogP contribution in [0, 0.1) is 17.0 Å². The van der Waals surface area contributed by atoms with Crippen LogP contribution in [-0.4, -0.2) is 60.5 Å². The van der Waals surface area contributed by atoms with Crippen LogP contribution in [0.15, 0.2) is 12.3 Å². The van der Waals surface area contributed by atoms with Crippen LogP contribution in [0.2, 0.25) is 0 Å². The summed E-state index contributed by atoms with van der Waals surface area (Å²) < 4.78 is 0. The Bertz CT molecular complexity index is 561. The van der Waals surface area contributed by atoms with Gasteiger partial charge >= 0.3 is 0 Å². The van der Waals surface area contributed by atoms with E-state index in [0.717, 1.165) is 0 Å². The van der Waals surface area contributed by atoms with E-state index in [-0.39, 0.29) is 11.6 Å². The summed E-state index contributed by atoms with van der Waals surface area (Å²) in [7, 11) is 3.39. The summed E-state index contributed by atoms with van der Waals surface area (Å²) in [6.07, 6.45) is 1.48. The van der Waals surface area contributed by atoms with E-state index in [9.17, 15) is 14.9 Å². The molecule has 0 saturated carbocycles. The van der Waals surface area contributed by atoms with E-state index in [1.165, 1.54) is 17.2 Å². The summed E-state index contributed by atoms with van der Waals surface area (Å²) in [5.74, 6) is 0.418. The number of piperazine rings is 1. The van der Waals surface area contributed by atoms with Crippen molar-refractivity contribution >= 4 is 17.4 Å². The predicted molar refractivity (Wildman–Crippen MR) is 78.3 cm³/mol. The van der Waals surface area contributed by atoms with Gasteiger partial charge in [0.05, 0.1) is 11.0 Å². The molecule has 8 heteroatoms. The molecule has 0 radical (unpaired) electrons. The van der Waals surface area contributed by atoms with Crippen molar-refractivity contribution in [3.05, 3.63) is 27.9 Å². The number of nitrogens with one attached hydrogen (secondary N) is 1. The summed E-state index contributed by atoms with van der Waals surface area (Å²) >= 11 is 0. The Hall–Kier alpha value is -2.22. The Balaban J connectivity index is 2.35. The molecule has 1 aliphatic rings. The molecule has 1 aromatic rings. The first-order chi connectivity index (χ1) is 9.91. The van der Waals surface area contributed by atoms with Crippen LogP contribution in [-0.2, 0) is 4.79 Å². The maximum absolute atomic E-state index is 12.2. The number of carbonyl (C=O) groups excluding carboxylic acids is 1. The SMILES string of the molecule is Cc1cnc(N2CCNCC2C(=O)N(C)C)cc1[N+](=O)[O-]. The highest BCUT2D eigenvalue weighted by atomic mass is 16.6. The number of anilines is 1.